The number of hydrogen-bond donors (Lipinski definition) is 2. The number of carbonyl (C=O) groups excluding carboxylic acids is 4. The molecule has 1 fully saturated rings. The number of carbonyl (C=O) groups is 4. The number of benzene rings is 12. The van der Waals surface area contributed by atoms with Crippen molar-refractivity contribution in [2.24, 2.45) is 0 Å². The fourth-order valence-electron chi connectivity index (χ4n) is 11.9. The van der Waals surface area contributed by atoms with Crippen LogP contribution in [-0.2, 0) is 24.7 Å². The zero-order chi connectivity index (χ0) is 83.9. The van der Waals surface area contributed by atoms with Gasteiger partial charge in [0.15, 0.2) is 23.6 Å². The van der Waals surface area contributed by atoms with Crippen LogP contribution in [0.15, 0.2) is 224 Å². The maximum atomic E-state index is 14.2. The van der Waals surface area contributed by atoms with Gasteiger partial charge in [-0.25, -0.2) is 24.1 Å². The van der Waals surface area contributed by atoms with Crippen molar-refractivity contribution in [3.63, 3.8) is 0 Å². The molecule has 0 aliphatic carbocycles. The van der Waals surface area contributed by atoms with Gasteiger partial charge in [0, 0.05) is 40.8 Å². The van der Waals surface area contributed by atoms with Crippen molar-refractivity contribution >= 4 is 72.8 Å². The summed E-state index contributed by atoms with van der Waals surface area (Å²) in [6.45, 7) is 20.2. The van der Waals surface area contributed by atoms with E-state index in [0.717, 1.165) is 96.4 Å². The van der Waals surface area contributed by atoms with Gasteiger partial charge in [-0.2, -0.15) is 57.9 Å². The molecule has 2 N–H and O–H groups in total. The maximum absolute atomic E-state index is 14.2. The predicted octanol–water partition coefficient (Wildman–Crippen LogP) is 25.2. The first-order valence-corrected chi connectivity index (χ1v) is 34.9. The van der Waals surface area contributed by atoms with E-state index in [0.29, 0.717) is 72.6 Å². The summed E-state index contributed by atoms with van der Waals surface area (Å²) in [7, 11) is 0. The number of nitrogens with one attached hydrogen (secondary N) is 1. The molecule has 13 rings (SSSR count). The van der Waals surface area contributed by atoms with Crippen LogP contribution in [0.3, 0.4) is 0 Å². The Morgan fingerprint density at radius 3 is 1.31 bits per heavy atom. The van der Waals surface area contributed by atoms with Crippen molar-refractivity contribution in [2.45, 2.75) is 110 Å². The van der Waals surface area contributed by atoms with E-state index in [1.54, 1.807) is 49.4 Å². The summed E-state index contributed by atoms with van der Waals surface area (Å²) >= 11 is 0. The fourth-order valence-corrected chi connectivity index (χ4v) is 11.9. The molecule has 0 spiro atoms. The van der Waals surface area contributed by atoms with E-state index in [9.17, 15) is 89.4 Å². The van der Waals surface area contributed by atoms with Gasteiger partial charge in [0.05, 0.1) is 45.9 Å². The lowest BCUT2D eigenvalue weighted by Crippen LogP contribution is -2.14. The Balaban J connectivity index is 0.000000180. The minimum atomic E-state index is -4.66. The Morgan fingerprint density at radius 2 is 0.860 bits per heavy atom. The molecular weight excluding hydrogens is 1510 g/mol. The van der Waals surface area contributed by atoms with Gasteiger partial charge >= 0.3 is 24.7 Å². The smallest absolute Gasteiger partial charge is 0.376 e. The van der Waals surface area contributed by atoms with Crippen LogP contribution in [0.25, 0.3) is 54.0 Å². The number of fused-ring (bicyclic) bond motifs is 4. The normalized spacial score (nSPS) is 13.8. The molecule has 588 valence electrons. The lowest BCUT2D eigenvalue weighted by Gasteiger charge is -2.15. The van der Waals surface area contributed by atoms with Gasteiger partial charge in [-0.1, -0.05) is 144 Å². The number of rotatable bonds is 11. The van der Waals surface area contributed by atoms with Crippen molar-refractivity contribution in [3.8, 4) is 6.07 Å². The largest absolute Gasteiger partial charge is 0.416 e. The van der Waals surface area contributed by atoms with Gasteiger partial charge in [-0.05, 0) is 218 Å². The fraction of sp³-hybridized carbons (Fsp3) is 0.200. The highest BCUT2D eigenvalue weighted by molar-refractivity contribution is 6.09. The van der Waals surface area contributed by atoms with Crippen LogP contribution in [0.5, 0.6) is 0 Å². The molecule has 1 unspecified atom stereocenters. The maximum Gasteiger partial charge on any atom is 0.416 e. The average Bonchev–Trinajstić information content (AvgIpc) is 1.68. The second-order valence-corrected chi connectivity index (χ2v) is 27.5. The molecule has 1 saturated heterocycles. The highest BCUT2D eigenvalue weighted by atomic mass is 19.4. The number of aliphatic hydroxyl groups is 1. The standard InChI is InChI=1S/C22H15F4NO.C22H19F4N.C21H14F4O.C13H12O.C8H4F4O.C4H7NO/c1-13-3-4-15-10-16(6-5-14(15)9-13)21(28)12-20(27-2)18-11-17(22(24,25)26)7-8-19(18)23;1-13-2-3-15-9-16(5-4-14(15)8-13)21-10-17(12-27-21)19-11-18(22(24,25)26)6-7-20(19)23;1-13-2-3-15-11-17(5-4-14(15)10-13)20(26)9-6-16-12-18(21(23,24)25)7-8-19(16)22;1-9-3-4-13-8-11(10(2)14)5-6-12(13)7-9;9-7-2-1-6(8(10,11)12)3-5(7)4-13;1-4(2,6)3-5/h3-11,20H,12H2,1H3;2-9,11,17,21,27H,10,12H2,1H3;2-12H,1H3;3-8H,1-2H3;1-4H;6H,1-2H3/b;;9-6+;;;/t;17-,21-;;;;/m.1..../s1. The number of nitriles is 1. The van der Waals surface area contributed by atoms with E-state index < -0.39 is 111 Å². The van der Waals surface area contributed by atoms with Gasteiger partial charge in [0.2, 0.25) is 0 Å². The summed E-state index contributed by atoms with van der Waals surface area (Å²) in [5.74, 6) is -4.30. The third kappa shape index (κ3) is 24.2. The summed E-state index contributed by atoms with van der Waals surface area (Å²) in [5, 5.41) is 27.9. The predicted molar refractivity (Wildman–Crippen MR) is 407 cm³/mol. The number of alkyl halides is 12. The Kier molecular flexibility index (Phi) is 28.4. The third-order valence-electron chi connectivity index (χ3n) is 18.0. The highest BCUT2D eigenvalue weighted by Crippen LogP contribution is 2.40. The van der Waals surface area contributed by atoms with E-state index >= 15 is 0 Å². The van der Waals surface area contributed by atoms with E-state index in [1.807, 2.05) is 81.4 Å². The number of halogens is 16. The molecule has 114 heavy (non-hydrogen) atoms. The third-order valence-corrected chi connectivity index (χ3v) is 18.0. The molecule has 1 aliphatic heterocycles. The monoisotopic (exact) mass is 1580 g/mol. The molecule has 0 amide bonds. The molecular formula is C90H71F16N3O5. The number of hydrogen-bond acceptors (Lipinski definition) is 7. The number of Topliss-reactive ketones (excluding diaryl/α,β-unsaturated/α-hetero) is 2. The molecule has 1 aliphatic rings. The molecule has 1 heterocycles. The van der Waals surface area contributed by atoms with Crippen LogP contribution in [0.4, 0.5) is 70.2 Å². The van der Waals surface area contributed by atoms with Crippen LogP contribution < -0.4 is 5.32 Å². The van der Waals surface area contributed by atoms with Crippen molar-refractivity contribution in [3.05, 3.63) is 348 Å². The molecule has 0 bridgehead atoms. The first-order chi connectivity index (χ1) is 53.4. The summed E-state index contributed by atoms with van der Waals surface area (Å²) < 4.78 is 206. The van der Waals surface area contributed by atoms with Gasteiger partial charge < -0.3 is 15.3 Å². The quantitative estimate of drug-likeness (QED) is 0.0330. The Morgan fingerprint density at radius 1 is 0.491 bits per heavy atom. The summed E-state index contributed by atoms with van der Waals surface area (Å²) in [6.07, 6.45) is -15.9. The minimum absolute atomic E-state index is 0.00496. The average molecular weight is 1580 g/mol. The van der Waals surface area contributed by atoms with E-state index in [4.69, 9.17) is 16.9 Å². The molecule has 0 aromatic heterocycles. The molecule has 8 nitrogen and oxygen atoms in total. The first kappa shape index (κ1) is 87.5. The number of aryl methyl sites for hydroxylation is 4. The lowest BCUT2D eigenvalue weighted by molar-refractivity contribution is -0.138. The van der Waals surface area contributed by atoms with Gasteiger partial charge in [0.1, 0.15) is 28.9 Å². The zero-order valence-corrected chi connectivity index (χ0v) is 61.9. The second kappa shape index (κ2) is 37.0. The van der Waals surface area contributed by atoms with Gasteiger partial charge in [-0.3, -0.25) is 19.2 Å². The number of ketones is 3. The van der Waals surface area contributed by atoms with Crippen molar-refractivity contribution in [1.29, 1.82) is 5.26 Å². The first-order valence-electron chi connectivity index (χ1n) is 34.9. The van der Waals surface area contributed by atoms with Crippen LogP contribution in [0, 0.1) is 68.9 Å². The van der Waals surface area contributed by atoms with E-state index in [2.05, 4.69) is 65.6 Å². The summed E-state index contributed by atoms with van der Waals surface area (Å²) in [4.78, 5) is 49.4. The Bertz CT molecular complexity index is 5670. The molecule has 24 heteroatoms. The number of allylic oxidation sites excluding steroid dienone is 1. The van der Waals surface area contributed by atoms with Crippen molar-refractivity contribution in [2.75, 3.05) is 6.54 Å². The summed E-state index contributed by atoms with van der Waals surface area (Å²) in [5.41, 5.74) is 0.992. The van der Waals surface area contributed by atoms with Gasteiger partial charge in [-0.15, -0.1) is 0 Å². The van der Waals surface area contributed by atoms with Crippen molar-refractivity contribution < 1.29 is 94.5 Å². The van der Waals surface area contributed by atoms with Crippen LogP contribution in [0.1, 0.15) is 160 Å². The zero-order valence-electron chi connectivity index (χ0n) is 61.9. The lowest BCUT2D eigenvalue weighted by atomic mass is 9.91. The van der Waals surface area contributed by atoms with Gasteiger partial charge in [0.25, 0.3) is 6.04 Å². The molecule has 3 atom stereocenters. The Hall–Kier alpha value is -12.1. The number of nitrogens with zero attached hydrogens (tertiary/aromatic N) is 2. The van der Waals surface area contributed by atoms with Crippen LogP contribution in [-0.4, -0.2) is 40.9 Å². The van der Waals surface area contributed by atoms with E-state index in [1.165, 1.54) is 30.4 Å². The molecule has 0 radical (unpaired) electrons. The second-order valence-electron chi connectivity index (χ2n) is 27.5. The molecule has 12 aromatic carbocycles. The molecule has 12 aromatic rings. The topological polar surface area (TPSA) is 129 Å². The highest BCUT2D eigenvalue weighted by Gasteiger charge is 2.37. The minimum Gasteiger partial charge on any atom is -0.376 e. The SMILES string of the molecule is CC(=O)c1ccc2cc(C)ccc2c1.CC(C)(O)C#N.Cc1ccc2cc(C(=O)/C=C/c3cc(C(F)(F)F)ccc3F)ccc2c1.Cc1ccc2cc([C@H]3C[C@@H](c4cc(C(F)(F)F)ccc4F)CN3)ccc2c1.O=Cc1cc(C(F)(F)F)ccc1F.[C-]#[N+]C(CC(=O)c1ccc2cc(C)ccc2c1)c1cc(C(F)(F)F)ccc1F. The van der Waals surface area contributed by atoms with Crippen molar-refractivity contribution in [1.82, 2.24) is 5.32 Å². The summed E-state index contributed by atoms with van der Waals surface area (Å²) in [6, 6.07) is 54.8. The van der Waals surface area contributed by atoms with Crippen LogP contribution >= 0.6 is 0 Å². The van der Waals surface area contributed by atoms with E-state index in [-0.39, 0.29) is 35.2 Å². The number of aldehydes is 1. The molecule has 0 saturated carbocycles. The Labute approximate surface area is 645 Å². The van der Waals surface area contributed by atoms with Crippen LogP contribution in [0.2, 0.25) is 0 Å².